The van der Waals surface area contributed by atoms with Crippen molar-refractivity contribution >= 4 is 17.1 Å². The van der Waals surface area contributed by atoms with E-state index in [0.29, 0.717) is 25.0 Å². The number of imidazole rings is 1. The molecule has 0 spiro atoms. The van der Waals surface area contributed by atoms with Crippen LogP contribution in [0.25, 0.3) is 11.2 Å². The predicted molar refractivity (Wildman–Crippen MR) is 73.8 cm³/mol. The van der Waals surface area contributed by atoms with Crippen LogP contribution in [0.5, 0.6) is 0 Å². The lowest BCUT2D eigenvalue weighted by Gasteiger charge is -2.09. The smallest absolute Gasteiger partial charge is 0.220 e. The van der Waals surface area contributed by atoms with E-state index in [1.54, 1.807) is 6.20 Å². The molecule has 6 heteroatoms. The first kappa shape index (κ1) is 13.5. The quantitative estimate of drug-likeness (QED) is 0.797. The second-order valence-corrected chi connectivity index (χ2v) is 4.71. The molecule has 0 aliphatic carbocycles. The van der Waals surface area contributed by atoms with Crippen molar-refractivity contribution in [1.29, 1.82) is 0 Å². The van der Waals surface area contributed by atoms with Crippen LogP contribution in [-0.2, 0) is 11.2 Å². The minimum Gasteiger partial charge on any atom is -0.355 e. The van der Waals surface area contributed by atoms with Gasteiger partial charge in [-0.05, 0) is 26.2 Å². The molecule has 2 N–H and O–H groups in total. The molecule has 0 saturated carbocycles. The van der Waals surface area contributed by atoms with E-state index in [9.17, 15) is 4.79 Å². The Bertz CT molecular complexity index is 516. The summed E-state index contributed by atoms with van der Waals surface area (Å²) < 4.78 is 0. The third-order valence-corrected chi connectivity index (χ3v) is 2.78. The summed E-state index contributed by atoms with van der Waals surface area (Å²) in [6.45, 7) is 1.52. The van der Waals surface area contributed by atoms with E-state index in [4.69, 9.17) is 0 Å². The minimum absolute atomic E-state index is 0.0512. The first-order valence-corrected chi connectivity index (χ1v) is 6.36. The molecule has 19 heavy (non-hydrogen) atoms. The van der Waals surface area contributed by atoms with Gasteiger partial charge in [-0.15, -0.1) is 0 Å². The molecule has 0 aliphatic rings. The van der Waals surface area contributed by atoms with Crippen molar-refractivity contribution < 1.29 is 4.79 Å². The lowest BCUT2D eigenvalue weighted by molar-refractivity contribution is -0.121. The van der Waals surface area contributed by atoms with Gasteiger partial charge in [0, 0.05) is 32.1 Å². The van der Waals surface area contributed by atoms with Crippen LogP contribution in [0.15, 0.2) is 18.3 Å². The Hall–Kier alpha value is -1.95. The van der Waals surface area contributed by atoms with Crippen molar-refractivity contribution in [2.24, 2.45) is 0 Å². The Morgan fingerprint density at radius 2 is 2.32 bits per heavy atom. The zero-order valence-electron chi connectivity index (χ0n) is 11.3. The number of rotatable bonds is 6. The van der Waals surface area contributed by atoms with E-state index >= 15 is 0 Å². The molecular formula is C13H19N5O. The fraction of sp³-hybridized carbons (Fsp3) is 0.462. The highest BCUT2D eigenvalue weighted by molar-refractivity contribution is 5.76. The van der Waals surface area contributed by atoms with Crippen LogP contribution in [0.3, 0.4) is 0 Å². The highest BCUT2D eigenvalue weighted by Crippen LogP contribution is 2.08. The topological polar surface area (TPSA) is 73.9 Å². The fourth-order valence-corrected chi connectivity index (χ4v) is 1.75. The van der Waals surface area contributed by atoms with Gasteiger partial charge >= 0.3 is 0 Å². The Labute approximate surface area is 112 Å². The van der Waals surface area contributed by atoms with Gasteiger partial charge in [0.25, 0.3) is 0 Å². The average molecular weight is 261 g/mol. The van der Waals surface area contributed by atoms with E-state index in [-0.39, 0.29) is 5.91 Å². The zero-order chi connectivity index (χ0) is 13.7. The van der Waals surface area contributed by atoms with Crippen LogP contribution in [0.4, 0.5) is 0 Å². The average Bonchev–Trinajstić information content (AvgIpc) is 2.78. The number of fused-ring (bicyclic) bond motifs is 1. The molecule has 0 unspecified atom stereocenters. The molecule has 0 fully saturated rings. The summed E-state index contributed by atoms with van der Waals surface area (Å²) >= 11 is 0. The lowest BCUT2D eigenvalue weighted by Crippen LogP contribution is -2.31. The van der Waals surface area contributed by atoms with Crippen molar-refractivity contribution in [1.82, 2.24) is 25.2 Å². The lowest BCUT2D eigenvalue weighted by atomic mass is 10.3. The molecule has 2 rings (SSSR count). The second-order valence-electron chi connectivity index (χ2n) is 4.71. The third kappa shape index (κ3) is 4.03. The Morgan fingerprint density at radius 1 is 1.47 bits per heavy atom. The number of aromatic amines is 1. The summed E-state index contributed by atoms with van der Waals surface area (Å²) in [5.41, 5.74) is 1.61. The highest BCUT2D eigenvalue weighted by atomic mass is 16.1. The van der Waals surface area contributed by atoms with Crippen LogP contribution < -0.4 is 5.32 Å². The van der Waals surface area contributed by atoms with E-state index in [2.05, 4.69) is 20.3 Å². The van der Waals surface area contributed by atoms with Crippen molar-refractivity contribution in [3.8, 4) is 0 Å². The number of hydrogen-bond donors (Lipinski definition) is 2. The summed E-state index contributed by atoms with van der Waals surface area (Å²) in [6.07, 6.45) is 2.75. The Kier molecular flexibility index (Phi) is 4.46. The first-order chi connectivity index (χ1) is 9.15. The van der Waals surface area contributed by atoms with Crippen molar-refractivity contribution in [2.45, 2.75) is 12.8 Å². The number of hydrogen-bond acceptors (Lipinski definition) is 4. The van der Waals surface area contributed by atoms with Crippen LogP contribution >= 0.6 is 0 Å². The molecule has 6 nitrogen and oxygen atoms in total. The van der Waals surface area contributed by atoms with Crippen LogP contribution in [0, 0.1) is 0 Å². The Morgan fingerprint density at radius 3 is 3.05 bits per heavy atom. The summed E-state index contributed by atoms with van der Waals surface area (Å²) in [6, 6.07) is 3.79. The molecule has 0 bridgehead atoms. The number of nitrogens with zero attached hydrogens (tertiary/aromatic N) is 3. The maximum absolute atomic E-state index is 11.6. The number of carbonyl (C=O) groups excluding carboxylic acids is 1. The molecule has 0 saturated heterocycles. The normalized spacial score (nSPS) is 11.1. The van der Waals surface area contributed by atoms with Gasteiger partial charge in [0.2, 0.25) is 5.91 Å². The van der Waals surface area contributed by atoms with Crippen molar-refractivity contribution in [2.75, 3.05) is 27.2 Å². The van der Waals surface area contributed by atoms with E-state index < -0.39 is 0 Å². The summed E-state index contributed by atoms with van der Waals surface area (Å²) in [5, 5.41) is 2.88. The number of pyridine rings is 1. The second kappa shape index (κ2) is 6.29. The SMILES string of the molecule is CN(C)CCNC(=O)CCc1nc2ncccc2[nH]1. The molecule has 2 aromatic rings. The van der Waals surface area contributed by atoms with Crippen LogP contribution in [0.1, 0.15) is 12.2 Å². The fourth-order valence-electron chi connectivity index (χ4n) is 1.75. The minimum atomic E-state index is 0.0512. The molecule has 102 valence electrons. The zero-order valence-corrected chi connectivity index (χ0v) is 11.3. The highest BCUT2D eigenvalue weighted by Gasteiger charge is 2.06. The number of carbonyl (C=O) groups is 1. The van der Waals surface area contributed by atoms with Gasteiger partial charge in [-0.25, -0.2) is 9.97 Å². The molecule has 2 heterocycles. The molecule has 2 aromatic heterocycles. The molecule has 0 aliphatic heterocycles. The number of nitrogens with one attached hydrogen (secondary N) is 2. The van der Waals surface area contributed by atoms with E-state index in [1.807, 2.05) is 31.1 Å². The molecular weight excluding hydrogens is 242 g/mol. The summed E-state index contributed by atoms with van der Waals surface area (Å²) in [7, 11) is 3.96. The molecule has 0 radical (unpaired) electrons. The van der Waals surface area contributed by atoms with Gasteiger partial charge in [0.05, 0.1) is 5.52 Å². The largest absolute Gasteiger partial charge is 0.355 e. The van der Waals surface area contributed by atoms with Gasteiger partial charge in [-0.3, -0.25) is 4.79 Å². The molecule has 1 amide bonds. The number of aryl methyl sites for hydroxylation is 1. The maximum Gasteiger partial charge on any atom is 0.220 e. The number of aromatic nitrogens is 3. The van der Waals surface area contributed by atoms with E-state index in [1.165, 1.54) is 0 Å². The van der Waals surface area contributed by atoms with Crippen LogP contribution in [-0.4, -0.2) is 52.9 Å². The first-order valence-electron chi connectivity index (χ1n) is 6.36. The molecule has 0 atom stereocenters. The predicted octanol–water partition coefficient (Wildman–Crippen LogP) is 0.568. The van der Waals surface area contributed by atoms with Gasteiger partial charge in [-0.1, -0.05) is 0 Å². The van der Waals surface area contributed by atoms with Gasteiger partial charge in [0.15, 0.2) is 5.65 Å². The van der Waals surface area contributed by atoms with Crippen molar-refractivity contribution in [3.05, 3.63) is 24.2 Å². The standard InChI is InChI=1S/C13H19N5O/c1-18(2)9-8-14-12(19)6-5-11-16-10-4-3-7-15-13(10)17-11/h3-4,7H,5-6,8-9H2,1-2H3,(H,14,19)(H,15,16,17). The van der Waals surface area contributed by atoms with Crippen LogP contribution in [0.2, 0.25) is 0 Å². The number of likely N-dealkylation sites (N-methyl/N-ethyl adjacent to an activating group) is 1. The number of H-pyrrole nitrogens is 1. The number of amides is 1. The van der Waals surface area contributed by atoms with Gasteiger partial charge < -0.3 is 15.2 Å². The van der Waals surface area contributed by atoms with Crippen molar-refractivity contribution in [3.63, 3.8) is 0 Å². The third-order valence-electron chi connectivity index (χ3n) is 2.78. The van der Waals surface area contributed by atoms with Gasteiger partial charge in [-0.2, -0.15) is 0 Å². The van der Waals surface area contributed by atoms with Gasteiger partial charge in [0.1, 0.15) is 5.82 Å². The monoisotopic (exact) mass is 261 g/mol. The molecule has 0 aromatic carbocycles. The maximum atomic E-state index is 11.6. The summed E-state index contributed by atoms with van der Waals surface area (Å²) in [4.78, 5) is 25.3. The summed E-state index contributed by atoms with van der Waals surface area (Å²) in [5.74, 6) is 0.853. The Balaban J connectivity index is 1.80. The van der Waals surface area contributed by atoms with E-state index in [0.717, 1.165) is 17.9 Å².